The van der Waals surface area contributed by atoms with Crippen molar-refractivity contribution in [3.63, 3.8) is 0 Å². The smallest absolute Gasteiger partial charge is 0.247 e. The zero-order chi connectivity index (χ0) is 15.1. The molecule has 1 aromatic carbocycles. The van der Waals surface area contributed by atoms with E-state index in [2.05, 4.69) is 16.9 Å². The van der Waals surface area contributed by atoms with E-state index in [4.69, 9.17) is 0 Å². The molecule has 106 valence electrons. The number of amides is 2. The molecule has 0 unspecified atom stereocenters. The van der Waals surface area contributed by atoms with Crippen LogP contribution in [0, 0.1) is 0 Å². The molecule has 0 aromatic heterocycles. The van der Waals surface area contributed by atoms with Crippen molar-refractivity contribution < 1.29 is 14.7 Å². The number of nitrogens with one attached hydrogen (secondary N) is 1. The first kappa shape index (κ1) is 14.2. The highest BCUT2D eigenvalue weighted by Crippen LogP contribution is 2.36. The highest BCUT2D eigenvalue weighted by atomic mass is 16.3. The Morgan fingerprint density at radius 3 is 2.80 bits per heavy atom. The van der Waals surface area contributed by atoms with Crippen molar-refractivity contribution in [1.29, 1.82) is 0 Å². The Kier molecular flexibility index (Phi) is 3.38. The van der Waals surface area contributed by atoms with Crippen LogP contribution in [-0.2, 0) is 15.0 Å². The maximum atomic E-state index is 11.7. The van der Waals surface area contributed by atoms with Gasteiger partial charge >= 0.3 is 0 Å². The number of carbonyl (C=O) groups excluding carboxylic acids is 2. The number of carbonyl (C=O) groups is 2. The van der Waals surface area contributed by atoms with E-state index in [-0.39, 0.29) is 24.0 Å². The van der Waals surface area contributed by atoms with E-state index in [0.29, 0.717) is 28.2 Å². The van der Waals surface area contributed by atoms with Crippen molar-refractivity contribution in [1.82, 2.24) is 0 Å². The molecule has 0 aliphatic carbocycles. The van der Waals surface area contributed by atoms with E-state index in [1.165, 1.54) is 0 Å². The lowest BCUT2D eigenvalue weighted by atomic mass is 9.78. The SMILES string of the molecule is C=c1cc(NC(=O)CC)c(O)c2c1=NC(=O)CC2(C)C. The lowest BCUT2D eigenvalue weighted by Gasteiger charge is -2.28. The van der Waals surface area contributed by atoms with Crippen molar-refractivity contribution in [3.8, 4) is 5.75 Å². The molecule has 2 rings (SSSR count). The van der Waals surface area contributed by atoms with Gasteiger partial charge in [0.05, 0.1) is 11.0 Å². The van der Waals surface area contributed by atoms with Crippen LogP contribution in [0.4, 0.5) is 5.69 Å². The zero-order valence-electron chi connectivity index (χ0n) is 11.9. The third-order valence-corrected chi connectivity index (χ3v) is 3.45. The van der Waals surface area contributed by atoms with Crippen molar-refractivity contribution in [2.45, 2.75) is 39.0 Å². The Morgan fingerprint density at radius 1 is 1.55 bits per heavy atom. The number of phenols is 1. The highest BCUT2D eigenvalue weighted by Gasteiger charge is 2.33. The summed E-state index contributed by atoms with van der Waals surface area (Å²) in [6.45, 7) is 9.32. The number of anilines is 1. The molecular weight excluding hydrogens is 256 g/mol. The Balaban J connectivity index is 2.73. The lowest BCUT2D eigenvalue weighted by molar-refractivity contribution is -0.119. The van der Waals surface area contributed by atoms with Crippen molar-refractivity contribution in [2.24, 2.45) is 4.99 Å². The largest absolute Gasteiger partial charge is 0.505 e. The monoisotopic (exact) mass is 274 g/mol. The topological polar surface area (TPSA) is 78.8 Å². The summed E-state index contributed by atoms with van der Waals surface area (Å²) in [6, 6.07) is 1.54. The molecule has 0 spiro atoms. The summed E-state index contributed by atoms with van der Waals surface area (Å²) in [5, 5.41) is 14.0. The molecule has 0 saturated carbocycles. The second-order valence-corrected chi connectivity index (χ2v) is 5.62. The van der Waals surface area contributed by atoms with Crippen LogP contribution < -0.4 is 15.9 Å². The number of hydrogen-bond acceptors (Lipinski definition) is 3. The van der Waals surface area contributed by atoms with Crippen molar-refractivity contribution >= 4 is 24.1 Å². The third-order valence-electron chi connectivity index (χ3n) is 3.45. The molecule has 1 aliphatic heterocycles. The van der Waals surface area contributed by atoms with E-state index in [1.807, 2.05) is 13.8 Å². The Bertz CT molecular complexity index is 705. The van der Waals surface area contributed by atoms with Crippen LogP contribution in [-0.4, -0.2) is 16.9 Å². The van der Waals surface area contributed by atoms with E-state index < -0.39 is 5.41 Å². The quantitative estimate of drug-likeness (QED) is 0.789. The summed E-state index contributed by atoms with van der Waals surface area (Å²) in [5.41, 5.74) is 0.340. The van der Waals surface area contributed by atoms with Crippen LogP contribution in [0.2, 0.25) is 0 Å². The second kappa shape index (κ2) is 4.74. The molecule has 0 saturated heterocycles. The van der Waals surface area contributed by atoms with Crippen LogP contribution >= 0.6 is 0 Å². The molecule has 0 fully saturated rings. The summed E-state index contributed by atoms with van der Waals surface area (Å²) in [7, 11) is 0. The van der Waals surface area contributed by atoms with Gasteiger partial charge in [0.2, 0.25) is 11.8 Å². The summed E-state index contributed by atoms with van der Waals surface area (Å²) in [5.74, 6) is -0.450. The Hall–Kier alpha value is -2.17. The fourth-order valence-corrected chi connectivity index (χ4v) is 2.45. The number of aromatic hydroxyl groups is 1. The van der Waals surface area contributed by atoms with Gasteiger partial charge in [-0.1, -0.05) is 27.4 Å². The van der Waals surface area contributed by atoms with Gasteiger partial charge in [0, 0.05) is 23.8 Å². The van der Waals surface area contributed by atoms with E-state index in [9.17, 15) is 14.7 Å². The van der Waals surface area contributed by atoms with Crippen LogP contribution in [0.1, 0.15) is 39.2 Å². The van der Waals surface area contributed by atoms with Gasteiger partial charge in [-0.2, -0.15) is 0 Å². The molecule has 5 nitrogen and oxygen atoms in total. The molecule has 0 radical (unpaired) electrons. The number of benzene rings is 1. The molecule has 1 aromatic rings. The minimum Gasteiger partial charge on any atom is -0.505 e. The van der Waals surface area contributed by atoms with Gasteiger partial charge in [-0.15, -0.1) is 0 Å². The average molecular weight is 274 g/mol. The summed E-state index contributed by atoms with van der Waals surface area (Å²) >= 11 is 0. The van der Waals surface area contributed by atoms with E-state index in [1.54, 1.807) is 13.0 Å². The molecule has 1 heterocycles. The van der Waals surface area contributed by atoms with Gasteiger partial charge in [-0.25, -0.2) is 4.99 Å². The van der Waals surface area contributed by atoms with Gasteiger partial charge in [0.15, 0.2) is 0 Å². The van der Waals surface area contributed by atoms with Gasteiger partial charge < -0.3 is 10.4 Å². The van der Waals surface area contributed by atoms with Crippen molar-refractivity contribution in [2.75, 3.05) is 5.32 Å². The molecular formula is C15H18N2O3. The third kappa shape index (κ3) is 2.31. The number of hydrogen-bond donors (Lipinski definition) is 2. The maximum absolute atomic E-state index is 11.7. The average Bonchev–Trinajstić information content (AvgIpc) is 2.33. The minimum atomic E-state index is -0.544. The normalized spacial score (nSPS) is 16.2. The number of nitrogens with zero attached hydrogens (tertiary/aromatic N) is 1. The molecule has 0 bridgehead atoms. The summed E-state index contributed by atoms with van der Waals surface area (Å²) in [6.07, 6.45) is 0.535. The van der Waals surface area contributed by atoms with Gasteiger partial charge in [-0.05, 0) is 11.3 Å². The van der Waals surface area contributed by atoms with Gasteiger partial charge in [0.25, 0.3) is 0 Å². The van der Waals surface area contributed by atoms with Crippen LogP contribution in [0.25, 0.3) is 6.58 Å². The molecule has 1 aliphatic rings. The zero-order valence-corrected chi connectivity index (χ0v) is 11.9. The number of fused-ring (bicyclic) bond motifs is 1. The predicted molar refractivity (Wildman–Crippen MR) is 76.0 cm³/mol. The Morgan fingerprint density at radius 2 is 2.20 bits per heavy atom. The standard InChI is InChI=1S/C15H18N2O3/c1-5-10(18)16-9-6-8(2)13-12(14(9)20)15(3,4)7-11(19)17-13/h6,20H,2,5,7H2,1,3-4H3,(H,16,18). The van der Waals surface area contributed by atoms with Crippen molar-refractivity contribution in [3.05, 3.63) is 22.2 Å². The maximum Gasteiger partial charge on any atom is 0.247 e. The first-order valence-corrected chi connectivity index (χ1v) is 6.53. The first-order valence-electron chi connectivity index (χ1n) is 6.53. The fraction of sp³-hybridized carbons (Fsp3) is 0.400. The Labute approximate surface area is 117 Å². The van der Waals surface area contributed by atoms with Gasteiger partial charge in [-0.3, -0.25) is 9.59 Å². The first-order chi connectivity index (χ1) is 9.26. The summed E-state index contributed by atoms with van der Waals surface area (Å²) in [4.78, 5) is 27.1. The molecule has 2 N–H and O–H groups in total. The van der Waals surface area contributed by atoms with E-state index in [0.717, 1.165) is 0 Å². The fourth-order valence-electron chi connectivity index (χ4n) is 2.45. The highest BCUT2D eigenvalue weighted by molar-refractivity contribution is 5.92. The minimum absolute atomic E-state index is 0.0320. The van der Waals surface area contributed by atoms with Crippen LogP contribution in [0.5, 0.6) is 5.75 Å². The van der Waals surface area contributed by atoms with Gasteiger partial charge in [0.1, 0.15) is 5.75 Å². The summed E-state index contributed by atoms with van der Waals surface area (Å²) < 4.78 is 0. The number of phenolic OH excluding ortho intramolecular Hbond substituents is 1. The lowest BCUT2D eigenvalue weighted by Crippen LogP contribution is -2.41. The molecule has 2 amide bonds. The number of rotatable bonds is 2. The van der Waals surface area contributed by atoms with Crippen LogP contribution in [0.3, 0.4) is 0 Å². The molecule has 0 atom stereocenters. The molecule has 5 heteroatoms. The molecule has 20 heavy (non-hydrogen) atoms. The second-order valence-electron chi connectivity index (χ2n) is 5.62. The van der Waals surface area contributed by atoms with Crippen LogP contribution in [0.15, 0.2) is 11.1 Å². The van der Waals surface area contributed by atoms with E-state index >= 15 is 0 Å². The predicted octanol–water partition coefficient (Wildman–Crippen LogP) is 0.978.